The van der Waals surface area contributed by atoms with Crippen LogP contribution in [0.15, 0.2) is 46.1 Å². The van der Waals surface area contributed by atoms with E-state index in [0.717, 1.165) is 42.6 Å². The topological polar surface area (TPSA) is 97.3 Å². The molecule has 1 aliphatic rings. The maximum Gasteiger partial charge on any atom is 0.240 e. The van der Waals surface area contributed by atoms with Crippen molar-refractivity contribution < 1.29 is 13.2 Å². The number of rotatable bonds is 8. The molecule has 1 aliphatic carbocycles. The van der Waals surface area contributed by atoms with Crippen LogP contribution in [0.2, 0.25) is 0 Å². The third-order valence-electron chi connectivity index (χ3n) is 5.50. The number of aromatic nitrogens is 1. The summed E-state index contributed by atoms with van der Waals surface area (Å²) >= 11 is 0. The molecular formula is C22H29N3O4S. The Morgan fingerprint density at radius 1 is 1.07 bits per heavy atom. The maximum atomic E-state index is 12.5. The summed E-state index contributed by atoms with van der Waals surface area (Å²) in [6, 6.07) is 9.86. The van der Waals surface area contributed by atoms with Crippen LogP contribution in [0.1, 0.15) is 42.6 Å². The van der Waals surface area contributed by atoms with E-state index in [1.54, 1.807) is 42.7 Å². The molecule has 8 heteroatoms. The minimum Gasteiger partial charge on any atom is -0.354 e. The third kappa shape index (κ3) is 5.79. The molecule has 162 valence electrons. The van der Waals surface area contributed by atoms with Gasteiger partial charge in [-0.2, -0.15) is 0 Å². The summed E-state index contributed by atoms with van der Waals surface area (Å²) in [5.41, 5.74) is 2.38. The fraction of sp³-hybridized carbons (Fsp3) is 0.455. The first-order valence-electron chi connectivity index (χ1n) is 10.3. The number of benzene rings is 1. The Labute approximate surface area is 177 Å². The summed E-state index contributed by atoms with van der Waals surface area (Å²) in [6.07, 6.45) is 4.54. The zero-order chi connectivity index (χ0) is 21.7. The Hall–Kier alpha value is -2.45. The first-order chi connectivity index (χ1) is 14.2. The van der Waals surface area contributed by atoms with Gasteiger partial charge >= 0.3 is 0 Å². The van der Waals surface area contributed by atoms with Gasteiger partial charge in [-0.25, -0.2) is 13.1 Å². The van der Waals surface area contributed by atoms with E-state index in [0.29, 0.717) is 13.0 Å². The van der Waals surface area contributed by atoms with E-state index in [9.17, 15) is 18.0 Å². The van der Waals surface area contributed by atoms with E-state index < -0.39 is 10.0 Å². The number of carbonyl (C=O) groups excluding carboxylic acids is 1. The molecule has 30 heavy (non-hydrogen) atoms. The van der Waals surface area contributed by atoms with E-state index in [1.165, 1.54) is 12.1 Å². The van der Waals surface area contributed by atoms with Crippen LogP contribution in [0.3, 0.4) is 0 Å². The van der Waals surface area contributed by atoms with E-state index >= 15 is 0 Å². The molecule has 1 amide bonds. The summed E-state index contributed by atoms with van der Waals surface area (Å²) in [6.45, 7) is 4.21. The highest BCUT2D eigenvalue weighted by Crippen LogP contribution is 2.20. The summed E-state index contributed by atoms with van der Waals surface area (Å²) < 4.78 is 29.5. The molecule has 1 heterocycles. The molecule has 7 nitrogen and oxygen atoms in total. The van der Waals surface area contributed by atoms with Gasteiger partial charge in [0.15, 0.2) is 5.43 Å². The standard InChI is InChI=1S/C22H29N3O4S/c1-16-13-20(26)14-17(2)25(16)15-22(27)23-12-11-18-7-9-21(10-8-18)30(28,29)24-19-5-3-4-6-19/h7-10,13-14,19,24H,3-6,11-12,15H2,1-2H3,(H,23,27). The molecule has 0 atom stereocenters. The number of pyridine rings is 1. The highest BCUT2D eigenvalue weighted by Gasteiger charge is 2.22. The molecule has 1 aromatic heterocycles. The van der Waals surface area contributed by atoms with Gasteiger partial charge in [-0.05, 0) is 50.8 Å². The third-order valence-corrected chi connectivity index (χ3v) is 7.04. The average molecular weight is 432 g/mol. The monoisotopic (exact) mass is 431 g/mol. The minimum atomic E-state index is -3.49. The average Bonchev–Trinajstić information content (AvgIpc) is 3.17. The van der Waals surface area contributed by atoms with Crippen molar-refractivity contribution in [3.63, 3.8) is 0 Å². The molecule has 1 saturated carbocycles. The van der Waals surface area contributed by atoms with Crippen molar-refractivity contribution in [3.05, 3.63) is 63.6 Å². The molecule has 3 rings (SSSR count). The second-order valence-corrected chi connectivity index (χ2v) is 9.62. The highest BCUT2D eigenvalue weighted by atomic mass is 32.2. The second-order valence-electron chi connectivity index (χ2n) is 7.91. The summed E-state index contributed by atoms with van der Waals surface area (Å²) in [5.74, 6) is -0.134. The Morgan fingerprint density at radius 2 is 1.67 bits per heavy atom. The molecule has 0 radical (unpaired) electrons. The van der Waals surface area contributed by atoms with E-state index in [4.69, 9.17) is 0 Å². The molecule has 0 unspecified atom stereocenters. The Bertz CT molecular complexity index is 1030. The minimum absolute atomic E-state index is 0.0416. The van der Waals surface area contributed by atoms with Crippen LogP contribution in [0.4, 0.5) is 0 Å². The van der Waals surface area contributed by atoms with E-state index in [1.807, 2.05) is 0 Å². The second kappa shape index (κ2) is 9.57. The molecule has 1 aromatic carbocycles. The van der Waals surface area contributed by atoms with E-state index in [-0.39, 0.29) is 28.8 Å². The van der Waals surface area contributed by atoms with Gasteiger partial charge in [-0.15, -0.1) is 0 Å². The lowest BCUT2D eigenvalue weighted by Gasteiger charge is -2.14. The molecule has 2 N–H and O–H groups in total. The van der Waals surface area contributed by atoms with Crippen LogP contribution in [0.5, 0.6) is 0 Å². The van der Waals surface area contributed by atoms with Crippen molar-refractivity contribution in [2.75, 3.05) is 6.54 Å². The predicted molar refractivity (Wildman–Crippen MR) is 116 cm³/mol. The fourth-order valence-corrected chi connectivity index (χ4v) is 5.15. The van der Waals surface area contributed by atoms with Crippen molar-refractivity contribution >= 4 is 15.9 Å². The van der Waals surface area contributed by atoms with Gasteiger partial charge in [0, 0.05) is 36.1 Å². The lowest BCUT2D eigenvalue weighted by atomic mass is 10.1. The zero-order valence-electron chi connectivity index (χ0n) is 17.5. The van der Waals surface area contributed by atoms with Gasteiger partial charge in [0.05, 0.1) is 4.90 Å². The van der Waals surface area contributed by atoms with Crippen molar-refractivity contribution in [1.82, 2.24) is 14.6 Å². The SMILES string of the molecule is Cc1cc(=O)cc(C)n1CC(=O)NCCc1ccc(S(=O)(=O)NC2CCCC2)cc1. The lowest BCUT2D eigenvalue weighted by molar-refractivity contribution is -0.121. The van der Waals surface area contributed by atoms with Gasteiger partial charge < -0.3 is 9.88 Å². The quantitative estimate of drug-likeness (QED) is 0.668. The molecule has 0 spiro atoms. The molecule has 2 aromatic rings. The Kier molecular flexibility index (Phi) is 7.10. The van der Waals surface area contributed by atoms with Crippen LogP contribution in [0, 0.1) is 13.8 Å². The largest absolute Gasteiger partial charge is 0.354 e. The number of aryl methyl sites for hydroxylation is 2. The number of sulfonamides is 1. The van der Waals surface area contributed by atoms with Crippen molar-refractivity contribution in [1.29, 1.82) is 0 Å². The normalized spacial score (nSPS) is 14.7. The molecule has 0 bridgehead atoms. The van der Waals surface area contributed by atoms with Crippen LogP contribution < -0.4 is 15.5 Å². The van der Waals surface area contributed by atoms with Crippen molar-refractivity contribution in [3.8, 4) is 0 Å². The smallest absolute Gasteiger partial charge is 0.240 e. The van der Waals surface area contributed by atoms with Crippen molar-refractivity contribution in [2.45, 2.75) is 63.4 Å². The first-order valence-corrected chi connectivity index (χ1v) is 11.8. The summed E-state index contributed by atoms with van der Waals surface area (Å²) in [5, 5.41) is 2.87. The predicted octanol–water partition coefficient (Wildman–Crippen LogP) is 2.04. The van der Waals surface area contributed by atoms with Gasteiger partial charge in [0.25, 0.3) is 0 Å². The van der Waals surface area contributed by atoms with E-state index in [2.05, 4.69) is 10.0 Å². The molecule has 0 aliphatic heterocycles. The number of carbonyl (C=O) groups is 1. The number of hydrogen-bond acceptors (Lipinski definition) is 4. The Balaban J connectivity index is 1.50. The van der Waals surface area contributed by atoms with Crippen molar-refractivity contribution in [2.24, 2.45) is 0 Å². The van der Waals surface area contributed by atoms with Crippen LogP contribution >= 0.6 is 0 Å². The first kappa shape index (κ1) is 22.2. The van der Waals surface area contributed by atoms with Crippen LogP contribution in [-0.4, -0.2) is 31.5 Å². The summed E-state index contributed by atoms with van der Waals surface area (Å²) in [7, 11) is -3.49. The zero-order valence-corrected chi connectivity index (χ0v) is 18.3. The van der Waals surface area contributed by atoms with Crippen LogP contribution in [-0.2, 0) is 27.8 Å². The van der Waals surface area contributed by atoms with Gasteiger partial charge in [0.2, 0.25) is 15.9 Å². The number of hydrogen-bond donors (Lipinski definition) is 2. The summed E-state index contributed by atoms with van der Waals surface area (Å²) in [4.78, 5) is 24.0. The molecular weight excluding hydrogens is 402 g/mol. The lowest BCUT2D eigenvalue weighted by Crippen LogP contribution is -2.32. The van der Waals surface area contributed by atoms with Crippen LogP contribution in [0.25, 0.3) is 0 Å². The molecule has 1 fully saturated rings. The van der Waals surface area contributed by atoms with Gasteiger partial charge in [0.1, 0.15) is 6.54 Å². The molecule has 0 saturated heterocycles. The number of nitrogens with zero attached hydrogens (tertiary/aromatic N) is 1. The number of amides is 1. The van der Waals surface area contributed by atoms with Gasteiger partial charge in [-0.3, -0.25) is 9.59 Å². The number of nitrogens with one attached hydrogen (secondary N) is 2. The Morgan fingerprint density at radius 3 is 2.27 bits per heavy atom. The fourth-order valence-electron chi connectivity index (χ4n) is 3.85. The highest BCUT2D eigenvalue weighted by molar-refractivity contribution is 7.89. The maximum absolute atomic E-state index is 12.5. The van der Waals surface area contributed by atoms with Gasteiger partial charge in [-0.1, -0.05) is 25.0 Å².